The standard InChI is InChI=1S/C14H12ClNO3/c1-10-2-7-13(16(17)18)14(8-10)19-12-5-3-11(9-15)4-6-12/h2-8H,9H2,1H3. The zero-order chi connectivity index (χ0) is 13.8. The minimum Gasteiger partial charge on any atom is -0.450 e. The molecule has 4 nitrogen and oxygen atoms in total. The van der Waals surface area contributed by atoms with Crippen molar-refractivity contribution in [2.75, 3.05) is 0 Å². The van der Waals surface area contributed by atoms with E-state index in [1.807, 2.05) is 19.1 Å². The molecule has 0 radical (unpaired) electrons. The Kier molecular flexibility index (Phi) is 4.02. The van der Waals surface area contributed by atoms with E-state index in [0.29, 0.717) is 11.6 Å². The van der Waals surface area contributed by atoms with Crippen LogP contribution in [-0.4, -0.2) is 4.92 Å². The Hall–Kier alpha value is -2.07. The Bertz CT molecular complexity index is 596. The molecule has 0 spiro atoms. The van der Waals surface area contributed by atoms with Gasteiger partial charge in [-0.15, -0.1) is 11.6 Å². The lowest BCUT2D eigenvalue weighted by atomic mass is 10.2. The van der Waals surface area contributed by atoms with E-state index < -0.39 is 4.92 Å². The smallest absolute Gasteiger partial charge is 0.311 e. The second kappa shape index (κ2) is 5.71. The molecule has 0 aromatic heterocycles. The van der Waals surface area contributed by atoms with E-state index >= 15 is 0 Å². The molecule has 0 fully saturated rings. The van der Waals surface area contributed by atoms with E-state index in [4.69, 9.17) is 16.3 Å². The van der Waals surface area contributed by atoms with Crippen molar-refractivity contribution in [2.24, 2.45) is 0 Å². The first-order valence-corrected chi connectivity index (χ1v) is 6.21. The van der Waals surface area contributed by atoms with Gasteiger partial charge in [-0.2, -0.15) is 0 Å². The zero-order valence-electron chi connectivity index (χ0n) is 10.3. The molecular weight excluding hydrogens is 266 g/mol. The first kappa shape index (κ1) is 13.4. The molecule has 2 rings (SSSR count). The Morgan fingerprint density at radius 3 is 2.47 bits per heavy atom. The topological polar surface area (TPSA) is 52.4 Å². The molecule has 0 saturated heterocycles. The molecule has 0 amide bonds. The number of rotatable bonds is 4. The van der Waals surface area contributed by atoms with Crippen LogP contribution in [0.2, 0.25) is 0 Å². The minimum absolute atomic E-state index is 0.0491. The fourth-order valence-electron chi connectivity index (χ4n) is 1.63. The molecule has 0 aliphatic heterocycles. The number of aryl methyl sites for hydroxylation is 1. The summed E-state index contributed by atoms with van der Waals surface area (Å²) in [5.41, 5.74) is 1.82. The number of hydrogen-bond donors (Lipinski definition) is 0. The molecule has 19 heavy (non-hydrogen) atoms. The molecule has 0 unspecified atom stereocenters. The molecule has 0 saturated carbocycles. The number of ether oxygens (including phenoxy) is 1. The monoisotopic (exact) mass is 277 g/mol. The SMILES string of the molecule is Cc1ccc([N+](=O)[O-])c(Oc2ccc(CCl)cc2)c1. The number of hydrogen-bond acceptors (Lipinski definition) is 3. The van der Waals surface area contributed by atoms with Gasteiger partial charge in [0.2, 0.25) is 5.75 Å². The average molecular weight is 278 g/mol. The summed E-state index contributed by atoms with van der Waals surface area (Å²) in [4.78, 5) is 10.5. The van der Waals surface area contributed by atoms with E-state index in [0.717, 1.165) is 11.1 Å². The number of nitro groups is 1. The number of benzene rings is 2. The van der Waals surface area contributed by atoms with Crippen molar-refractivity contribution in [1.82, 2.24) is 0 Å². The summed E-state index contributed by atoms with van der Waals surface area (Å²) < 4.78 is 5.57. The van der Waals surface area contributed by atoms with Crippen molar-refractivity contribution in [2.45, 2.75) is 12.8 Å². The Labute approximate surface area is 115 Å². The minimum atomic E-state index is -0.456. The van der Waals surface area contributed by atoms with E-state index in [1.165, 1.54) is 6.07 Å². The highest BCUT2D eigenvalue weighted by molar-refractivity contribution is 6.17. The fraction of sp³-hybridized carbons (Fsp3) is 0.143. The summed E-state index contributed by atoms with van der Waals surface area (Å²) in [7, 11) is 0. The molecule has 98 valence electrons. The highest BCUT2D eigenvalue weighted by atomic mass is 35.5. The summed E-state index contributed by atoms with van der Waals surface area (Å²) in [5.74, 6) is 1.21. The second-order valence-electron chi connectivity index (χ2n) is 4.11. The maximum absolute atomic E-state index is 10.9. The molecule has 0 atom stereocenters. The first-order valence-electron chi connectivity index (χ1n) is 5.68. The highest BCUT2D eigenvalue weighted by Gasteiger charge is 2.15. The second-order valence-corrected chi connectivity index (χ2v) is 4.38. The third-order valence-electron chi connectivity index (χ3n) is 2.62. The number of halogens is 1. The van der Waals surface area contributed by atoms with Gasteiger partial charge < -0.3 is 4.74 Å². The van der Waals surface area contributed by atoms with Crippen LogP contribution < -0.4 is 4.74 Å². The van der Waals surface area contributed by atoms with E-state index in [-0.39, 0.29) is 11.4 Å². The summed E-state index contributed by atoms with van der Waals surface area (Å²) in [6.45, 7) is 1.85. The summed E-state index contributed by atoms with van der Waals surface area (Å²) in [6.07, 6.45) is 0. The van der Waals surface area contributed by atoms with Crippen molar-refractivity contribution >= 4 is 17.3 Å². The maximum atomic E-state index is 10.9. The van der Waals surface area contributed by atoms with Crippen molar-refractivity contribution in [1.29, 1.82) is 0 Å². The number of nitrogens with zero attached hydrogens (tertiary/aromatic N) is 1. The van der Waals surface area contributed by atoms with Crippen LogP contribution in [0.5, 0.6) is 11.5 Å². The summed E-state index contributed by atoms with van der Waals surface area (Å²) >= 11 is 5.70. The molecule has 5 heteroatoms. The molecule has 0 bridgehead atoms. The van der Waals surface area contributed by atoms with Gasteiger partial charge in [0.1, 0.15) is 5.75 Å². The fourth-order valence-corrected chi connectivity index (χ4v) is 1.81. The van der Waals surface area contributed by atoms with Crippen molar-refractivity contribution in [3.8, 4) is 11.5 Å². The summed E-state index contributed by atoms with van der Waals surface area (Å²) in [6, 6.07) is 11.9. The quantitative estimate of drug-likeness (QED) is 0.472. The van der Waals surface area contributed by atoms with Gasteiger partial charge in [-0.25, -0.2) is 0 Å². The molecule has 2 aromatic rings. The largest absolute Gasteiger partial charge is 0.450 e. The Balaban J connectivity index is 2.31. The predicted octanol–water partition coefficient (Wildman–Crippen LogP) is 4.43. The van der Waals surface area contributed by atoms with Gasteiger partial charge in [-0.05, 0) is 36.2 Å². The lowest BCUT2D eigenvalue weighted by Gasteiger charge is -2.07. The summed E-state index contributed by atoms with van der Waals surface area (Å²) in [5, 5.41) is 10.9. The van der Waals surface area contributed by atoms with Gasteiger partial charge in [0, 0.05) is 11.9 Å². The first-order chi connectivity index (χ1) is 9.10. The van der Waals surface area contributed by atoms with Crippen LogP contribution in [-0.2, 0) is 5.88 Å². The van der Waals surface area contributed by atoms with Gasteiger partial charge >= 0.3 is 5.69 Å². The van der Waals surface area contributed by atoms with Crippen LogP contribution in [0.4, 0.5) is 5.69 Å². The molecule has 0 N–H and O–H groups in total. The molecular formula is C14H12ClNO3. The van der Waals surface area contributed by atoms with Crippen molar-refractivity contribution in [3.63, 3.8) is 0 Å². The number of alkyl halides is 1. The zero-order valence-corrected chi connectivity index (χ0v) is 11.1. The van der Waals surface area contributed by atoms with Crippen LogP contribution in [0.3, 0.4) is 0 Å². The van der Waals surface area contributed by atoms with Crippen LogP contribution in [0.25, 0.3) is 0 Å². The van der Waals surface area contributed by atoms with Gasteiger partial charge in [-0.1, -0.05) is 18.2 Å². The van der Waals surface area contributed by atoms with Gasteiger partial charge in [0.05, 0.1) is 4.92 Å². The van der Waals surface area contributed by atoms with Crippen LogP contribution in [0.1, 0.15) is 11.1 Å². The van der Waals surface area contributed by atoms with Gasteiger partial charge in [0.25, 0.3) is 0 Å². The van der Waals surface area contributed by atoms with Gasteiger partial charge in [-0.3, -0.25) is 10.1 Å². The highest BCUT2D eigenvalue weighted by Crippen LogP contribution is 2.32. The molecule has 0 aliphatic rings. The predicted molar refractivity (Wildman–Crippen MR) is 73.9 cm³/mol. The van der Waals surface area contributed by atoms with E-state index in [1.54, 1.807) is 24.3 Å². The normalized spacial score (nSPS) is 10.2. The third kappa shape index (κ3) is 3.23. The van der Waals surface area contributed by atoms with Crippen LogP contribution in [0, 0.1) is 17.0 Å². The van der Waals surface area contributed by atoms with Crippen LogP contribution in [0.15, 0.2) is 42.5 Å². The van der Waals surface area contributed by atoms with E-state index in [2.05, 4.69) is 0 Å². The Morgan fingerprint density at radius 1 is 1.21 bits per heavy atom. The van der Waals surface area contributed by atoms with Crippen LogP contribution >= 0.6 is 11.6 Å². The Morgan fingerprint density at radius 2 is 1.89 bits per heavy atom. The lowest BCUT2D eigenvalue weighted by molar-refractivity contribution is -0.385. The third-order valence-corrected chi connectivity index (χ3v) is 2.93. The molecule has 0 heterocycles. The van der Waals surface area contributed by atoms with Crippen molar-refractivity contribution in [3.05, 3.63) is 63.7 Å². The van der Waals surface area contributed by atoms with E-state index in [9.17, 15) is 10.1 Å². The number of nitro benzene ring substituents is 1. The van der Waals surface area contributed by atoms with Gasteiger partial charge in [0.15, 0.2) is 0 Å². The maximum Gasteiger partial charge on any atom is 0.311 e. The average Bonchev–Trinajstić information content (AvgIpc) is 2.39. The molecule has 0 aliphatic carbocycles. The van der Waals surface area contributed by atoms with Crippen molar-refractivity contribution < 1.29 is 9.66 Å². The molecule has 2 aromatic carbocycles. The lowest BCUT2D eigenvalue weighted by Crippen LogP contribution is -1.94.